The van der Waals surface area contributed by atoms with Crippen LogP contribution in [0.4, 0.5) is 0 Å². The van der Waals surface area contributed by atoms with Gasteiger partial charge < -0.3 is 14.9 Å². The summed E-state index contributed by atoms with van der Waals surface area (Å²) in [6, 6.07) is 18.5. The first kappa shape index (κ1) is 21.6. The molecule has 4 rings (SSSR count). The summed E-state index contributed by atoms with van der Waals surface area (Å²) in [6.07, 6.45) is 4.93. The Kier molecular flexibility index (Phi) is 6.28. The van der Waals surface area contributed by atoms with Gasteiger partial charge in [-0.15, -0.1) is 0 Å². The molecule has 164 valence electrons. The van der Waals surface area contributed by atoms with Crippen LogP contribution in [0.1, 0.15) is 34.5 Å². The van der Waals surface area contributed by atoms with E-state index >= 15 is 0 Å². The summed E-state index contributed by atoms with van der Waals surface area (Å²) in [6.45, 7) is 2.13. The van der Waals surface area contributed by atoms with Crippen molar-refractivity contribution in [3.63, 3.8) is 0 Å². The number of carbonyl (C=O) groups is 2. The summed E-state index contributed by atoms with van der Waals surface area (Å²) in [5.74, 6) is -0.627. The molecule has 3 aromatic rings. The predicted octanol–water partition coefficient (Wildman–Crippen LogP) is 2.50. The molecule has 2 amide bonds. The number of rotatable bonds is 5. The van der Waals surface area contributed by atoms with Crippen LogP contribution < -0.4 is 0 Å². The summed E-state index contributed by atoms with van der Waals surface area (Å²) in [5.41, 5.74) is 1.22. The lowest BCUT2D eigenvalue weighted by atomic mass is 9.77. The molecule has 7 heteroatoms. The van der Waals surface area contributed by atoms with Crippen molar-refractivity contribution in [3.05, 3.63) is 96.1 Å². The molecule has 1 aliphatic heterocycles. The van der Waals surface area contributed by atoms with Crippen molar-refractivity contribution >= 4 is 11.8 Å². The van der Waals surface area contributed by atoms with Crippen LogP contribution in [0.5, 0.6) is 0 Å². The minimum absolute atomic E-state index is 0.0905. The molecule has 0 radical (unpaired) electrons. The third-order valence-electron chi connectivity index (χ3n) is 6.19. The molecule has 0 spiro atoms. The zero-order chi connectivity index (χ0) is 22.6. The molecule has 1 fully saturated rings. The van der Waals surface area contributed by atoms with Crippen molar-refractivity contribution in [2.24, 2.45) is 0 Å². The van der Waals surface area contributed by atoms with E-state index in [1.807, 2.05) is 55.5 Å². The average molecular weight is 431 g/mol. The van der Waals surface area contributed by atoms with E-state index in [9.17, 15) is 14.7 Å². The first-order valence-corrected chi connectivity index (χ1v) is 10.6. The fraction of sp³-hybridized carbons (Fsp3) is 0.280. The topological polar surface area (TPSA) is 86.6 Å². The van der Waals surface area contributed by atoms with Gasteiger partial charge in [0.05, 0.1) is 25.2 Å². The molecule has 0 unspecified atom stereocenters. The van der Waals surface area contributed by atoms with Crippen molar-refractivity contribution < 1.29 is 14.7 Å². The van der Waals surface area contributed by atoms with E-state index < -0.39 is 5.54 Å². The lowest BCUT2D eigenvalue weighted by Gasteiger charge is -2.53. The Hall–Kier alpha value is -3.58. The molecule has 0 bridgehead atoms. The van der Waals surface area contributed by atoms with Gasteiger partial charge in [-0.25, -0.2) is 0 Å². The summed E-state index contributed by atoms with van der Waals surface area (Å²) >= 11 is 0. The minimum atomic E-state index is -0.885. The molecule has 2 atom stereocenters. The highest BCUT2D eigenvalue weighted by Gasteiger charge is 2.48. The highest BCUT2D eigenvalue weighted by molar-refractivity contribution is 5.95. The first-order valence-electron chi connectivity index (χ1n) is 10.6. The second-order valence-corrected chi connectivity index (χ2v) is 8.20. The lowest BCUT2D eigenvalue weighted by Crippen LogP contribution is -2.66. The molecule has 1 saturated heterocycles. The Balaban J connectivity index is 1.71. The van der Waals surface area contributed by atoms with Gasteiger partial charge in [0.25, 0.3) is 5.91 Å². The van der Waals surface area contributed by atoms with E-state index in [0.717, 1.165) is 5.56 Å². The highest BCUT2D eigenvalue weighted by atomic mass is 16.3. The maximum Gasteiger partial charge on any atom is 0.255 e. The summed E-state index contributed by atoms with van der Waals surface area (Å²) in [4.78, 5) is 38.3. The van der Waals surface area contributed by atoms with Gasteiger partial charge in [-0.3, -0.25) is 19.6 Å². The van der Waals surface area contributed by atoms with Crippen LogP contribution >= 0.6 is 0 Å². The van der Waals surface area contributed by atoms with E-state index in [1.54, 1.807) is 40.5 Å². The van der Waals surface area contributed by atoms with Crippen LogP contribution in [-0.4, -0.2) is 62.0 Å². The number of carbonyl (C=O) groups excluding carboxylic acids is 2. The van der Waals surface area contributed by atoms with Crippen LogP contribution in [0.3, 0.4) is 0 Å². The average Bonchev–Trinajstić information content (AvgIpc) is 2.85. The SMILES string of the molecule is C[C@]1(CO)[C@@H](c2ccccc2)CN(C(=O)Cc2ccccn2)CN1C(=O)c1ccncc1. The van der Waals surface area contributed by atoms with Crippen LogP contribution in [0.25, 0.3) is 0 Å². The zero-order valence-electron chi connectivity index (χ0n) is 18.0. The number of aliphatic hydroxyl groups is 1. The van der Waals surface area contributed by atoms with E-state index in [2.05, 4.69) is 9.97 Å². The Labute approximate surface area is 187 Å². The Morgan fingerprint density at radius 2 is 1.75 bits per heavy atom. The largest absolute Gasteiger partial charge is 0.394 e. The lowest BCUT2D eigenvalue weighted by molar-refractivity contribution is -0.139. The molecule has 1 N–H and O–H groups in total. The normalized spacial score (nSPS) is 20.8. The van der Waals surface area contributed by atoms with Gasteiger partial charge in [0.2, 0.25) is 5.91 Å². The molecule has 0 aliphatic carbocycles. The molecule has 1 aromatic carbocycles. The maximum atomic E-state index is 13.5. The second-order valence-electron chi connectivity index (χ2n) is 8.20. The smallest absolute Gasteiger partial charge is 0.255 e. The predicted molar refractivity (Wildman–Crippen MR) is 120 cm³/mol. The van der Waals surface area contributed by atoms with E-state index in [1.165, 1.54) is 0 Å². The molecule has 1 aliphatic rings. The first-order chi connectivity index (χ1) is 15.5. The van der Waals surface area contributed by atoms with E-state index in [-0.39, 0.29) is 37.4 Å². The minimum Gasteiger partial charge on any atom is -0.394 e. The van der Waals surface area contributed by atoms with Gasteiger partial charge in [0.15, 0.2) is 0 Å². The van der Waals surface area contributed by atoms with Crippen molar-refractivity contribution in [1.82, 2.24) is 19.8 Å². The standard InChI is InChI=1S/C25H26N4O3/c1-25(17-30)22(19-7-3-2-4-8-19)16-28(23(31)15-21-9-5-6-12-27-21)18-29(25)24(32)20-10-13-26-14-11-20/h2-14,22,30H,15-18H2,1H3/t22-,25+/m1/s1. The van der Waals surface area contributed by atoms with Gasteiger partial charge in [0.1, 0.15) is 0 Å². The number of pyridine rings is 2. The summed E-state index contributed by atoms with van der Waals surface area (Å²) in [5, 5.41) is 10.5. The Morgan fingerprint density at radius 3 is 2.41 bits per heavy atom. The van der Waals surface area contributed by atoms with Crippen LogP contribution in [0, 0.1) is 0 Å². The van der Waals surface area contributed by atoms with Crippen molar-refractivity contribution in [2.75, 3.05) is 19.8 Å². The molecule has 3 heterocycles. The Bertz CT molecular complexity index is 1060. The quantitative estimate of drug-likeness (QED) is 0.672. The van der Waals surface area contributed by atoms with Gasteiger partial charge >= 0.3 is 0 Å². The molecule has 2 aromatic heterocycles. The van der Waals surface area contributed by atoms with Crippen LogP contribution in [0.15, 0.2) is 79.3 Å². The fourth-order valence-electron chi connectivity index (χ4n) is 4.24. The third-order valence-corrected chi connectivity index (χ3v) is 6.19. The second kappa shape index (κ2) is 9.28. The van der Waals surface area contributed by atoms with Gasteiger partial charge in [-0.2, -0.15) is 0 Å². The van der Waals surface area contributed by atoms with E-state index in [0.29, 0.717) is 17.8 Å². The fourth-order valence-corrected chi connectivity index (χ4v) is 4.24. The van der Waals surface area contributed by atoms with Crippen molar-refractivity contribution in [1.29, 1.82) is 0 Å². The van der Waals surface area contributed by atoms with Gasteiger partial charge in [-0.05, 0) is 36.8 Å². The third kappa shape index (κ3) is 4.24. The van der Waals surface area contributed by atoms with Gasteiger partial charge in [0, 0.05) is 42.3 Å². The molecule has 32 heavy (non-hydrogen) atoms. The number of hydrogen-bond donors (Lipinski definition) is 1. The van der Waals surface area contributed by atoms with Crippen molar-refractivity contribution in [3.8, 4) is 0 Å². The number of aromatic nitrogens is 2. The molecular weight excluding hydrogens is 404 g/mol. The van der Waals surface area contributed by atoms with Gasteiger partial charge in [-0.1, -0.05) is 36.4 Å². The maximum absolute atomic E-state index is 13.5. The molecule has 0 saturated carbocycles. The number of aliphatic hydroxyl groups excluding tert-OH is 1. The molecule has 7 nitrogen and oxygen atoms in total. The number of amides is 2. The number of hydrogen-bond acceptors (Lipinski definition) is 5. The van der Waals surface area contributed by atoms with Crippen LogP contribution in [0.2, 0.25) is 0 Å². The summed E-state index contributed by atoms with van der Waals surface area (Å²) in [7, 11) is 0. The Morgan fingerprint density at radius 1 is 1.03 bits per heavy atom. The number of benzene rings is 1. The monoisotopic (exact) mass is 430 g/mol. The van der Waals surface area contributed by atoms with Crippen LogP contribution in [-0.2, 0) is 11.2 Å². The number of nitrogens with zero attached hydrogens (tertiary/aromatic N) is 4. The molecular formula is C25H26N4O3. The highest BCUT2D eigenvalue weighted by Crippen LogP contribution is 2.38. The van der Waals surface area contributed by atoms with E-state index in [4.69, 9.17) is 0 Å². The zero-order valence-corrected chi connectivity index (χ0v) is 18.0. The summed E-state index contributed by atoms with van der Waals surface area (Å²) < 4.78 is 0. The van der Waals surface area contributed by atoms with Crippen molar-refractivity contribution in [2.45, 2.75) is 24.8 Å².